The van der Waals surface area contributed by atoms with E-state index in [0.717, 1.165) is 0 Å². The predicted octanol–water partition coefficient (Wildman–Crippen LogP) is 2.27. The zero-order valence-corrected chi connectivity index (χ0v) is 8.65. The van der Waals surface area contributed by atoms with Gasteiger partial charge in [-0.3, -0.25) is 4.90 Å². The number of carbonyl (C=O) groups excluding carboxylic acids is 1. The number of likely N-dealkylation sites (tertiary alicyclic amines) is 1. The highest BCUT2D eigenvalue weighted by Crippen LogP contribution is 2.29. The molecule has 2 rings (SSSR count). The molecule has 1 aliphatic rings. The van der Waals surface area contributed by atoms with Gasteiger partial charge in [-0.15, -0.1) is 0 Å². The summed E-state index contributed by atoms with van der Waals surface area (Å²) in [5.41, 5.74) is 1.47. The van der Waals surface area contributed by atoms with Crippen LogP contribution in [0.25, 0.3) is 0 Å². The van der Waals surface area contributed by atoms with Crippen LogP contribution in [-0.4, -0.2) is 25.3 Å². The Hall–Kier alpha value is -1.15. The minimum atomic E-state index is 0.672. The van der Waals surface area contributed by atoms with Crippen LogP contribution in [0.2, 0.25) is 0 Å². The summed E-state index contributed by atoms with van der Waals surface area (Å²) in [6.45, 7) is 3.25. The summed E-state index contributed by atoms with van der Waals surface area (Å²) in [4.78, 5) is 10.4. The molecule has 1 aromatic rings. The van der Waals surface area contributed by atoms with Crippen molar-refractivity contribution in [1.29, 1.82) is 0 Å². The maximum atomic E-state index is 8.00. The van der Waals surface area contributed by atoms with Gasteiger partial charge in [0.25, 0.3) is 0 Å². The van der Waals surface area contributed by atoms with Crippen molar-refractivity contribution >= 4 is 6.79 Å². The van der Waals surface area contributed by atoms with Crippen molar-refractivity contribution in [2.24, 2.45) is 0 Å². The molecule has 1 atom stereocenters. The molecule has 0 bridgehead atoms. The summed E-state index contributed by atoms with van der Waals surface area (Å²) in [5.74, 6) is 0. The molecule has 1 aromatic carbocycles. The van der Waals surface area contributed by atoms with Crippen LogP contribution in [0.3, 0.4) is 0 Å². The Balaban J connectivity index is 0.000000461. The van der Waals surface area contributed by atoms with Gasteiger partial charge in [0.1, 0.15) is 6.79 Å². The van der Waals surface area contributed by atoms with Crippen molar-refractivity contribution in [3.05, 3.63) is 35.9 Å². The highest BCUT2D eigenvalue weighted by Gasteiger charge is 2.21. The van der Waals surface area contributed by atoms with Crippen LogP contribution in [0, 0.1) is 0 Å². The smallest absolute Gasteiger partial charge is 0.106 e. The van der Waals surface area contributed by atoms with Crippen molar-refractivity contribution in [2.45, 2.75) is 18.9 Å². The monoisotopic (exact) mass is 191 g/mol. The molecule has 1 fully saturated rings. The molecule has 0 aromatic heterocycles. The number of hydrogen-bond donors (Lipinski definition) is 0. The lowest BCUT2D eigenvalue weighted by molar-refractivity contribution is -0.0979. The van der Waals surface area contributed by atoms with Crippen LogP contribution in [0.15, 0.2) is 30.3 Å². The van der Waals surface area contributed by atoms with Gasteiger partial charge < -0.3 is 4.79 Å². The number of hydrogen-bond acceptors (Lipinski definition) is 2. The van der Waals surface area contributed by atoms with Gasteiger partial charge >= 0.3 is 0 Å². The second-order valence-electron chi connectivity index (χ2n) is 3.55. The van der Waals surface area contributed by atoms with Crippen molar-refractivity contribution in [3.8, 4) is 0 Å². The summed E-state index contributed by atoms with van der Waals surface area (Å²) in [7, 11) is 2.21. The summed E-state index contributed by atoms with van der Waals surface area (Å²) in [5, 5.41) is 0. The Bertz CT molecular complexity index is 260. The van der Waals surface area contributed by atoms with Crippen molar-refractivity contribution in [3.63, 3.8) is 0 Å². The Morgan fingerprint density at radius 1 is 1.29 bits per heavy atom. The van der Waals surface area contributed by atoms with Gasteiger partial charge in [-0.05, 0) is 32.0 Å². The standard InChI is InChI=1S/C11H15N.CH2O/c1-12-9-5-8-11(12)10-6-3-2-4-7-10;1-2/h2-4,6-7,11H,5,8-9H2,1H3;1H2. The average Bonchev–Trinajstić information content (AvgIpc) is 2.69. The van der Waals surface area contributed by atoms with Crippen molar-refractivity contribution in [2.75, 3.05) is 13.6 Å². The topological polar surface area (TPSA) is 20.3 Å². The third-order valence-electron chi connectivity index (χ3n) is 2.70. The molecule has 2 heteroatoms. The second kappa shape index (κ2) is 5.55. The van der Waals surface area contributed by atoms with Gasteiger partial charge in [-0.25, -0.2) is 0 Å². The largest absolute Gasteiger partial charge is 0.307 e. The van der Waals surface area contributed by atoms with E-state index in [0.29, 0.717) is 6.04 Å². The molecule has 0 amide bonds. The highest BCUT2D eigenvalue weighted by atomic mass is 16.1. The Morgan fingerprint density at radius 2 is 1.93 bits per heavy atom. The first-order valence-corrected chi connectivity index (χ1v) is 4.92. The molecule has 14 heavy (non-hydrogen) atoms. The van der Waals surface area contributed by atoms with Crippen LogP contribution in [0.4, 0.5) is 0 Å². The van der Waals surface area contributed by atoms with Crippen LogP contribution in [-0.2, 0) is 4.79 Å². The summed E-state index contributed by atoms with van der Waals surface area (Å²) in [6.07, 6.45) is 2.66. The first kappa shape index (κ1) is 10.9. The number of carbonyl (C=O) groups is 1. The Morgan fingerprint density at radius 3 is 2.43 bits per heavy atom. The molecular weight excluding hydrogens is 174 g/mol. The molecule has 1 aliphatic heterocycles. The Labute approximate surface area is 85.5 Å². The van der Waals surface area contributed by atoms with E-state index >= 15 is 0 Å². The molecule has 0 radical (unpaired) electrons. The number of benzene rings is 1. The van der Waals surface area contributed by atoms with Gasteiger partial charge in [0, 0.05) is 6.04 Å². The molecule has 1 heterocycles. The van der Waals surface area contributed by atoms with Gasteiger partial charge in [-0.2, -0.15) is 0 Å². The van der Waals surface area contributed by atoms with E-state index in [4.69, 9.17) is 4.79 Å². The van der Waals surface area contributed by atoms with Gasteiger partial charge in [0.2, 0.25) is 0 Å². The molecule has 1 unspecified atom stereocenters. The fourth-order valence-corrected chi connectivity index (χ4v) is 2.01. The zero-order valence-electron chi connectivity index (χ0n) is 8.65. The van der Waals surface area contributed by atoms with Crippen molar-refractivity contribution in [1.82, 2.24) is 4.90 Å². The van der Waals surface area contributed by atoms with Gasteiger partial charge in [-0.1, -0.05) is 30.3 Å². The van der Waals surface area contributed by atoms with Crippen LogP contribution in [0.1, 0.15) is 24.4 Å². The van der Waals surface area contributed by atoms with E-state index in [1.165, 1.54) is 24.9 Å². The molecular formula is C12H17NO. The quantitative estimate of drug-likeness (QED) is 0.678. The Kier molecular flexibility index (Phi) is 4.33. The fraction of sp³-hybridized carbons (Fsp3) is 0.417. The molecule has 1 saturated heterocycles. The molecule has 0 saturated carbocycles. The van der Waals surface area contributed by atoms with Crippen LogP contribution < -0.4 is 0 Å². The average molecular weight is 191 g/mol. The van der Waals surface area contributed by atoms with E-state index in [-0.39, 0.29) is 0 Å². The predicted molar refractivity (Wildman–Crippen MR) is 58.2 cm³/mol. The van der Waals surface area contributed by atoms with E-state index < -0.39 is 0 Å². The minimum absolute atomic E-state index is 0.672. The highest BCUT2D eigenvalue weighted by molar-refractivity contribution is 5.19. The molecule has 0 N–H and O–H groups in total. The molecule has 76 valence electrons. The van der Waals surface area contributed by atoms with E-state index in [9.17, 15) is 0 Å². The van der Waals surface area contributed by atoms with Crippen molar-refractivity contribution < 1.29 is 4.79 Å². The lowest BCUT2D eigenvalue weighted by atomic mass is 10.1. The van der Waals surface area contributed by atoms with E-state index in [1.54, 1.807) is 0 Å². The molecule has 0 spiro atoms. The first-order valence-electron chi connectivity index (χ1n) is 4.92. The summed E-state index contributed by atoms with van der Waals surface area (Å²) in [6, 6.07) is 11.5. The number of nitrogens with zero attached hydrogens (tertiary/aromatic N) is 1. The normalized spacial score (nSPS) is 21.4. The lowest BCUT2D eigenvalue weighted by Crippen LogP contribution is -2.17. The number of rotatable bonds is 1. The third kappa shape index (κ3) is 2.42. The SMILES string of the molecule is C=O.CN1CCCC1c1ccccc1. The van der Waals surface area contributed by atoms with Gasteiger partial charge in [0.15, 0.2) is 0 Å². The summed E-state index contributed by atoms with van der Waals surface area (Å²) >= 11 is 0. The summed E-state index contributed by atoms with van der Waals surface area (Å²) < 4.78 is 0. The minimum Gasteiger partial charge on any atom is -0.307 e. The van der Waals surface area contributed by atoms with Crippen LogP contribution in [0.5, 0.6) is 0 Å². The first-order chi connectivity index (χ1) is 6.88. The second-order valence-corrected chi connectivity index (χ2v) is 3.55. The van der Waals surface area contributed by atoms with E-state index in [2.05, 4.69) is 42.3 Å². The third-order valence-corrected chi connectivity index (χ3v) is 2.70. The molecule has 2 nitrogen and oxygen atoms in total. The fourth-order valence-electron chi connectivity index (χ4n) is 2.01. The maximum absolute atomic E-state index is 8.00. The maximum Gasteiger partial charge on any atom is 0.106 e. The van der Waals surface area contributed by atoms with Gasteiger partial charge in [0.05, 0.1) is 0 Å². The lowest BCUT2D eigenvalue weighted by Gasteiger charge is -2.19. The molecule has 0 aliphatic carbocycles. The van der Waals surface area contributed by atoms with E-state index in [1.807, 2.05) is 6.79 Å². The zero-order chi connectivity index (χ0) is 10.4. The van der Waals surface area contributed by atoms with Crippen LogP contribution >= 0.6 is 0 Å².